The van der Waals surface area contributed by atoms with Crippen molar-refractivity contribution in [3.8, 4) is 0 Å². The highest BCUT2D eigenvalue weighted by Gasteiger charge is 2.34. The zero-order valence-electron chi connectivity index (χ0n) is 7.22. The van der Waals surface area contributed by atoms with E-state index in [4.69, 9.17) is 5.11 Å². The summed E-state index contributed by atoms with van der Waals surface area (Å²) in [5.74, 6) is 0. The van der Waals surface area contributed by atoms with Crippen LogP contribution in [0.25, 0.3) is 0 Å². The maximum absolute atomic E-state index is 9.44. The van der Waals surface area contributed by atoms with E-state index >= 15 is 0 Å². The normalized spacial score (nSPS) is 37.4. The number of β-amino-alcohol motifs (C(OH)–C–C–N with tert-alkyl or cyclic N) is 1. The first kappa shape index (κ1) is 10.8. The number of aliphatic hydroxyl groups excluding tert-OH is 4. The lowest BCUT2D eigenvalue weighted by Crippen LogP contribution is -2.64. The number of aliphatic hydroxyl groups is 4. The Labute approximate surface area is 76.2 Å². The van der Waals surface area contributed by atoms with Crippen LogP contribution in [0.5, 0.6) is 0 Å². The molecule has 1 saturated heterocycles. The highest BCUT2D eigenvalue weighted by atomic mass is 16.3. The third-order valence-corrected chi connectivity index (χ3v) is 2.18. The maximum Gasteiger partial charge on any atom is 0.100 e. The van der Waals surface area contributed by atoms with Crippen LogP contribution in [0.2, 0.25) is 0 Å². The van der Waals surface area contributed by atoms with E-state index in [-0.39, 0.29) is 19.6 Å². The summed E-state index contributed by atoms with van der Waals surface area (Å²) in [4.78, 5) is 0. The number of hydrogen-bond donors (Lipinski definition) is 6. The lowest BCUT2D eigenvalue weighted by molar-refractivity contribution is -0.0682. The van der Waals surface area contributed by atoms with Crippen LogP contribution in [-0.4, -0.2) is 57.9 Å². The van der Waals surface area contributed by atoms with Crippen molar-refractivity contribution < 1.29 is 20.4 Å². The molecule has 1 heterocycles. The summed E-state index contributed by atoms with van der Waals surface area (Å²) >= 11 is 0. The van der Waals surface area contributed by atoms with E-state index in [9.17, 15) is 15.3 Å². The second-order valence-corrected chi connectivity index (χ2v) is 3.19. The van der Waals surface area contributed by atoms with Crippen molar-refractivity contribution in [3.05, 3.63) is 0 Å². The Hall–Kier alpha value is -0.240. The summed E-state index contributed by atoms with van der Waals surface area (Å²) in [6.07, 6.45) is -2.60. The minimum Gasteiger partial charge on any atom is -0.396 e. The summed E-state index contributed by atoms with van der Waals surface area (Å²) in [5.41, 5.74) is 5.32. The predicted octanol–water partition coefficient (Wildman–Crippen LogP) is -3.07. The highest BCUT2D eigenvalue weighted by Crippen LogP contribution is 2.09. The second-order valence-electron chi connectivity index (χ2n) is 3.19. The topological polar surface area (TPSA) is 105 Å². The zero-order chi connectivity index (χ0) is 9.84. The average molecular weight is 192 g/mol. The summed E-state index contributed by atoms with van der Waals surface area (Å²) in [6.45, 7) is 0.0890. The van der Waals surface area contributed by atoms with Crippen molar-refractivity contribution in [1.29, 1.82) is 0 Å². The molecule has 0 spiro atoms. The van der Waals surface area contributed by atoms with E-state index in [2.05, 4.69) is 10.9 Å². The molecular formula is C7H16N2O4. The lowest BCUT2D eigenvalue weighted by atomic mass is 9.97. The van der Waals surface area contributed by atoms with Crippen LogP contribution in [0.15, 0.2) is 0 Å². The molecule has 0 bridgehead atoms. The van der Waals surface area contributed by atoms with Crippen molar-refractivity contribution in [2.24, 2.45) is 0 Å². The Balaban J connectivity index is 2.46. The first-order valence-corrected chi connectivity index (χ1v) is 4.30. The first-order valence-electron chi connectivity index (χ1n) is 4.30. The van der Waals surface area contributed by atoms with Crippen molar-refractivity contribution in [3.63, 3.8) is 0 Å². The van der Waals surface area contributed by atoms with Crippen LogP contribution in [0.1, 0.15) is 6.42 Å². The molecule has 6 heteroatoms. The molecule has 0 aromatic rings. The van der Waals surface area contributed by atoms with Crippen molar-refractivity contribution in [2.75, 3.05) is 13.2 Å². The van der Waals surface area contributed by atoms with Crippen molar-refractivity contribution >= 4 is 0 Å². The molecule has 6 N–H and O–H groups in total. The van der Waals surface area contributed by atoms with E-state index in [1.807, 2.05) is 0 Å². The third kappa shape index (κ3) is 2.60. The molecule has 0 unspecified atom stereocenters. The summed E-state index contributed by atoms with van der Waals surface area (Å²) < 4.78 is 0. The van der Waals surface area contributed by atoms with Gasteiger partial charge in [-0.2, -0.15) is 0 Å². The molecule has 78 valence electrons. The Morgan fingerprint density at radius 1 is 1.38 bits per heavy atom. The van der Waals surface area contributed by atoms with Crippen LogP contribution in [0, 0.1) is 0 Å². The van der Waals surface area contributed by atoms with E-state index in [1.54, 1.807) is 0 Å². The Bertz CT molecular complexity index is 157. The summed E-state index contributed by atoms with van der Waals surface area (Å²) in [6, 6.07) is -0.643. The van der Waals surface area contributed by atoms with Crippen LogP contribution >= 0.6 is 0 Å². The van der Waals surface area contributed by atoms with Gasteiger partial charge in [-0.3, -0.25) is 5.43 Å². The van der Waals surface area contributed by atoms with E-state index in [1.165, 1.54) is 0 Å². The molecular weight excluding hydrogens is 176 g/mol. The number of hydrogen-bond acceptors (Lipinski definition) is 6. The molecule has 0 radical (unpaired) electrons. The van der Waals surface area contributed by atoms with Gasteiger partial charge in [0.05, 0.1) is 18.2 Å². The molecule has 6 nitrogen and oxygen atoms in total. The van der Waals surface area contributed by atoms with Crippen LogP contribution < -0.4 is 10.9 Å². The van der Waals surface area contributed by atoms with Gasteiger partial charge < -0.3 is 20.4 Å². The molecule has 0 aromatic carbocycles. The second kappa shape index (κ2) is 4.85. The molecule has 4 atom stereocenters. The molecule has 1 fully saturated rings. The van der Waals surface area contributed by atoms with E-state index < -0.39 is 24.4 Å². The molecule has 0 aliphatic carbocycles. The van der Waals surface area contributed by atoms with Gasteiger partial charge in [0.25, 0.3) is 0 Å². The molecule has 0 amide bonds. The average Bonchev–Trinajstić information content (AvgIpc) is 2.10. The molecule has 1 aliphatic rings. The monoisotopic (exact) mass is 192 g/mol. The number of nitrogens with one attached hydrogen (secondary N) is 2. The number of rotatable bonds is 3. The van der Waals surface area contributed by atoms with Gasteiger partial charge in [-0.1, -0.05) is 0 Å². The fourth-order valence-electron chi connectivity index (χ4n) is 1.36. The third-order valence-electron chi connectivity index (χ3n) is 2.18. The van der Waals surface area contributed by atoms with E-state index in [0.717, 1.165) is 0 Å². The minimum absolute atomic E-state index is 0.151. The molecule has 1 aliphatic heterocycles. The first-order chi connectivity index (χ1) is 6.16. The fraction of sp³-hybridized carbons (Fsp3) is 1.00. The smallest absolute Gasteiger partial charge is 0.100 e. The van der Waals surface area contributed by atoms with Crippen LogP contribution in [-0.2, 0) is 0 Å². The Morgan fingerprint density at radius 3 is 2.69 bits per heavy atom. The summed E-state index contributed by atoms with van der Waals surface area (Å²) in [7, 11) is 0. The maximum atomic E-state index is 9.44. The standard InChI is InChI=1S/C7H16N2O4/c10-2-1-4(11)6-7(13)5(12)3-8-9-6/h4-13H,1-3H2/t4-,5+,6+,7-/m0/s1. The zero-order valence-corrected chi connectivity index (χ0v) is 7.22. The molecule has 0 aromatic heterocycles. The van der Waals surface area contributed by atoms with Crippen molar-refractivity contribution in [2.45, 2.75) is 30.8 Å². The molecule has 0 saturated carbocycles. The predicted molar refractivity (Wildman–Crippen MR) is 44.6 cm³/mol. The molecule has 1 rings (SSSR count). The van der Waals surface area contributed by atoms with Gasteiger partial charge in [-0.25, -0.2) is 5.43 Å². The van der Waals surface area contributed by atoms with Gasteiger partial charge >= 0.3 is 0 Å². The number of hydrazine groups is 1. The van der Waals surface area contributed by atoms with Gasteiger partial charge in [-0.15, -0.1) is 0 Å². The minimum atomic E-state index is -1.01. The van der Waals surface area contributed by atoms with Gasteiger partial charge in [0.1, 0.15) is 6.10 Å². The van der Waals surface area contributed by atoms with Crippen LogP contribution in [0.4, 0.5) is 0 Å². The lowest BCUT2D eigenvalue weighted by Gasteiger charge is -2.35. The van der Waals surface area contributed by atoms with Gasteiger partial charge in [-0.05, 0) is 6.42 Å². The van der Waals surface area contributed by atoms with Gasteiger partial charge in [0, 0.05) is 13.2 Å². The quantitative estimate of drug-likeness (QED) is 0.283. The van der Waals surface area contributed by atoms with Crippen LogP contribution in [0.3, 0.4) is 0 Å². The largest absolute Gasteiger partial charge is 0.396 e. The summed E-state index contributed by atoms with van der Waals surface area (Å²) in [5, 5.41) is 36.7. The van der Waals surface area contributed by atoms with Gasteiger partial charge in [0.2, 0.25) is 0 Å². The van der Waals surface area contributed by atoms with E-state index in [0.29, 0.717) is 0 Å². The Morgan fingerprint density at radius 2 is 2.08 bits per heavy atom. The van der Waals surface area contributed by atoms with Crippen molar-refractivity contribution in [1.82, 2.24) is 10.9 Å². The molecule has 13 heavy (non-hydrogen) atoms. The fourth-order valence-corrected chi connectivity index (χ4v) is 1.36. The Kier molecular flexibility index (Phi) is 4.04. The highest BCUT2D eigenvalue weighted by molar-refractivity contribution is 4.90. The van der Waals surface area contributed by atoms with Gasteiger partial charge in [0.15, 0.2) is 0 Å². The SMILES string of the molecule is OCC[C@H](O)[C@H]1NNC[C@@H](O)[C@@H]1O.